The van der Waals surface area contributed by atoms with Crippen molar-refractivity contribution in [3.05, 3.63) is 89.5 Å². The monoisotopic (exact) mass is 393 g/mol. The highest BCUT2D eigenvalue weighted by Crippen LogP contribution is 2.17. The van der Waals surface area contributed by atoms with Gasteiger partial charge in [-0.25, -0.2) is 4.39 Å². The summed E-state index contributed by atoms with van der Waals surface area (Å²) in [5, 5.41) is 6.09. The Morgan fingerprint density at radius 3 is 2.52 bits per heavy atom. The number of amides is 1. The van der Waals surface area contributed by atoms with Crippen LogP contribution in [-0.2, 0) is 12.8 Å². The number of para-hydroxylation sites is 1. The van der Waals surface area contributed by atoms with Crippen LogP contribution in [0.5, 0.6) is 5.75 Å². The fraction of sp³-hybridized carbons (Fsp3) is 0.217. The summed E-state index contributed by atoms with van der Waals surface area (Å²) in [4.78, 5) is 16.5. The lowest BCUT2D eigenvalue weighted by molar-refractivity contribution is 0.0953. The lowest BCUT2D eigenvalue weighted by atomic mass is 10.1. The molecule has 0 aliphatic rings. The van der Waals surface area contributed by atoms with Crippen molar-refractivity contribution in [2.45, 2.75) is 12.8 Å². The van der Waals surface area contributed by atoms with E-state index < -0.39 is 0 Å². The summed E-state index contributed by atoms with van der Waals surface area (Å²) < 4.78 is 19.0. The van der Waals surface area contributed by atoms with Crippen LogP contribution in [0.15, 0.2) is 67.0 Å². The fourth-order valence-corrected chi connectivity index (χ4v) is 3.03. The van der Waals surface area contributed by atoms with E-state index in [-0.39, 0.29) is 11.7 Å². The largest absolute Gasteiger partial charge is 0.496 e. The number of hydrogen-bond acceptors (Lipinski definition) is 4. The van der Waals surface area contributed by atoms with Gasteiger partial charge in [-0.1, -0.05) is 36.4 Å². The molecule has 1 amide bonds. The Morgan fingerprint density at radius 2 is 1.72 bits per heavy atom. The number of pyridine rings is 1. The van der Waals surface area contributed by atoms with Gasteiger partial charge in [-0.05, 0) is 42.2 Å². The molecule has 0 fully saturated rings. The number of rotatable bonds is 9. The Bertz CT molecular complexity index is 962. The Hall–Kier alpha value is -3.41. The van der Waals surface area contributed by atoms with Crippen molar-refractivity contribution >= 4 is 11.6 Å². The normalized spacial score (nSPS) is 10.4. The summed E-state index contributed by atoms with van der Waals surface area (Å²) in [6, 6.07) is 16.2. The van der Waals surface area contributed by atoms with Crippen LogP contribution in [-0.4, -0.2) is 31.1 Å². The quantitative estimate of drug-likeness (QED) is 0.580. The van der Waals surface area contributed by atoms with E-state index in [9.17, 15) is 9.18 Å². The van der Waals surface area contributed by atoms with Crippen LogP contribution in [0, 0.1) is 5.82 Å². The molecule has 5 nitrogen and oxygen atoms in total. The molecule has 0 unspecified atom stereocenters. The predicted octanol–water partition coefficient (Wildman–Crippen LogP) is 3.86. The zero-order valence-electron chi connectivity index (χ0n) is 16.3. The summed E-state index contributed by atoms with van der Waals surface area (Å²) in [6.45, 7) is 1.03. The number of nitrogens with zero attached hydrogens (tertiary/aromatic N) is 1. The summed E-state index contributed by atoms with van der Waals surface area (Å²) in [5.74, 6) is 0.408. The lowest BCUT2D eigenvalue weighted by Gasteiger charge is -2.10. The molecule has 0 atom stereocenters. The molecule has 0 aliphatic heterocycles. The molecule has 0 radical (unpaired) electrons. The highest BCUT2D eigenvalue weighted by atomic mass is 19.1. The SMILES string of the molecule is COc1ccccc1CCNC(=O)c1cncc(NCCc2ccccc2F)c1. The molecule has 6 heteroatoms. The second kappa shape index (κ2) is 10.2. The number of halogens is 1. The highest BCUT2D eigenvalue weighted by Gasteiger charge is 2.08. The van der Waals surface area contributed by atoms with Crippen molar-refractivity contribution in [2.24, 2.45) is 0 Å². The van der Waals surface area contributed by atoms with Crippen molar-refractivity contribution in [1.82, 2.24) is 10.3 Å². The van der Waals surface area contributed by atoms with E-state index in [4.69, 9.17) is 4.74 Å². The topological polar surface area (TPSA) is 63.2 Å². The van der Waals surface area contributed by atoms with E-state index in [0.717, 1.165) is 17.0 Å². The Balaban J connectivity index is 1.50. The minimum absolute atomic E-state index is 0.190. The van der Waals surface area contributed by atoms with Crippen LogP contribution in [0.1, 0.15) is 21.5 Å². The van der Waals surface area contributed by atoms with Crippen LogP contribution in [0.25, 0.3) is 0 Å². The summed E-state index contributed by atoms with van der Waals surface area (Å²) in [7, 11) is 1.63. The van der Waals surface area contributed by atoms with Crippen molar-refractivity contribution in [3.8, 4) is 5.75 Å². The molecule has 1 aromatic heterocycles. The number of carbonyl (C=O) groups is 1. The van der Waals surface area contributed by atoms with E-state index >= 15 is 0 Å². The summed E-state index contributed by atoms with van der Waals surface area (Å²) in [5.41, 5.74) is 2.88. The highest BCUT2D eigenvalue weighted by molar-refractivity contribution is 5.94. The smallest absolute Gasteiger partial charge is 0.252 e. The molecular weight excluding hydrogens is 369 g/mol. The third-order valence-corrected chi connectivity index (χ3v) is 4.55. The van der Waals surface area contributed by atoms with E-state index in [1.165, 1.54) is 12.3 Å². The lowest BCUT2D eigenvalue weighted by Crippen LogP contribution is -2.26. The van der Waals surface area contributed by atoms with Gasteiger partial charge in [0.2, 0.25) is 0 Å². The number of hydrogen-bond donors (Lipinski definition) is 2. The summed E-state index contributed by atoms with van der Waals surface area (Å²) >= 11 is 0. The molecule has 0 saturated heterocycles. The Morgan fingerprint density at radius 1 is 1.00 bits per heavy atom. The van der Waals surface area contributed by atoms with Gasteiger partial charge < -0.3 is 15.4 Å². The molecule has 2 N–H and O–H groups in total. The molecule has 2 aromatic carbocycles. The van der Waals surface area contributed by atoms with Gasteiger partial charge in [0.15, 0.2) is 0 Å². The van der Waals surface area contributed by atoms with Gasteiger partial charge in [0.05, 0.1) is 18.4 Å². The number of aromatic nitrogens is 1. The molecule has 0 saturated carbocycles. The zero-order valence-corrected chi connectivity index (χ0v) is 16.3. The average molecular weight is 393 g/mol. The second-order valence-electron chi connectivity index (χ2n) is 6.55. The van der Waals surface area contributed by atoms with Gasteiger partial charge in [0.25, 0.3) is 5.91 Å². The molecular formula is C23H24FN3O2. The first-order valence-corrected chi connectivity index (χ1v) is 9.50. The predicted molar refractivity (Wildman–Crippen MR) is 112 cm³/mol. The van der Waals surface area contributed by atoms with E-state index in [1.54, 1.807) is 31.5 Å². The molecule has 1 heterocycles. The molecule has 0 aliphatic carbocycles. The molecule has 0 spiro atoms. The van der Waals surface area contributed by atoms with Crippen molar-refractivity contribution in [2.75, 3.05) is 25.5 Å². The minimum Gasteiger partial charge on any atom is -0.496 e. The van der Waals surface area contributed by atoms with Crippen LogP contribution >= 0.6 is 0 Å². The van der Waals surface area contributed by atoms with Gasteiger partial charge in [-0.2, -0.15) is 0 Å². The van der Waals surface area contributed by atoms with Crippen LogP contribution in [0.4, 0.5) is 10.1 Å². The van der Waals surface area contributed by atoms with E-state index in [1.807, 2.05) is 30.3 Å². The fourth-order valence-electron chi connectivity index (χ4n) is 3.03. The Labute approximate surface area is 169 Å². The van der Waals surface area contributed by atoms with Gasteiger partial charge in [0.1, 0.15) is 11.6 Å². The molecule has 0 bridgehead atoms. The first-order chi connectivity index (χ1) is 14.2. The number of ether oxygens (including phenoxy) is 1. The van der Waals surface area contributed by atoms with Gasteiger partial charge in [-0.15, -0.1) is 0 Å². The number of anilines is 1. The molecule has 29 heavy (non-hydrogen) atoms. The standard InChI is InChI=1S/C23H24FN3O2/c1-29-22-9-5-3-7-18(22)11-13-27-23(28)19-14-20(16-25-15-19)26-12-10-17-6-2-4-8-21(17)24/h2-9,14-16,26H,10-13H2,1H3,(H,27,28). The van der Waals surface area contributed by atoms with Crippen LogP contribution in [0.3, 0.4) is 0 Å². The third-order valence-electron chi connectivity index (χ3n) is 4.55. The van der Waals surface area contributed by atoms with E-state index in [2.05, 4.69) is 15.6 Å². The van der Waals surface area contributed by atoms with Crippen molar-refractivity contribution < 1.29 is 13.9 Å². The van der Waals surface area contributed by atoms with Gasteiger partial charge >= 0.3 is 0 Å². The molecule has 3 aromatic rings. The minimum atomic E-state index is -0.212. The summed E-state index contributed by atoms with van der Waals surface area (Å²) in [6.07, 6.45) is 4.39. The van der Waals surface area contributed by atoms with Crippen molar-refractivity contribution in [3.63, 3.8) is 0 Å². The first kappa shape index (κ1) is 20.3. The Kier molecular flexibility index (Phi) is 7.16. The second-order valence-corrected chi connectivity index (χ2v) is 6.55. The van der Waals surface area contributed by atoms with Crippen LogP contribution in [0.2, 0.25) is 0 Å². The number of carbonyl (C=O) groups excluding carboxylic acids is 1. The number of benzene rings is 2. The molecule has 150 valence electrons. The van der Waals surface area contributed by atoms with Gasteiger partial charge in [-0.3, -0.25) is 9.78 Å². The maximum absolute atomic E-state index is 13.7. The first-order valence-electron chi connectivity index (χ1n) is 9.50. The number of nitrogens with one attached hydrogen (secondary N) is 2. The number of methoxy groups -OCH3 is 1. The maximum Gasteiger partial charge on any atom is 0.252 e. The van der Waals surface area contributed by atoms with E-state index in [0.29, 0.717) is 37.1 Å². The average Bonchev–Trinajstić information content (AvgIpc) is 2.75. The third kappa shape index (κ3) is 5.78. The maximum atomic E-state index is 13.7. The van der Waals surface area contributed by atoms with Crippen LogP contribution < -0.4 is 15.4 Å². The van der Waals surface area contributed by atoms with Gasteiger partial charge in [0, 0.05) is 25.5 Å². The molecule has 3 rings (SSSR count). The van der Waals surface area contributed by atoms with Crippen molar-refractivity contribution in [1.29, 1.82) is 0 Å². The zero-order chi connectivity index (χ0) is 20.5.